The number of ether oxygens (including phenoxy) is 2. The molecule has 1 aliphatic heterocycles. The zero-order chi connectivity index (χ0) is 17.6. The summed E-state index contributed by atoms with van der Waals surface area (Å²) in [6, 6.07) is 5.43. The van der Waals surface area contributed by atoms with Crippen LogP contribution in [0.15, 0.2) is 27.8 Å². The SMILES string of the molecule is COc1ccc(-c2nnc(SCCCN3CCCC3=O)o2)c(OC)c1. The lowest BCUT2D eigenvalue weighted by Crippen LogP contribution is -2.25. The van der Waals surface area contributed by atoms with Crippen LogP contribution in [0, 0.1) is 0 Å². The third-order valence-corrected chi connectivity index (χ3v) is 4.92. The molecule has 1 saturated heterocycles. The molecule has 0 unspecified atom stereocenters. The van der Waals surface area contributed by atoms with Gasteiger partial charge in [-0.25, -0.2) is 0 Å². The first kappa shape index (κ1) is 17.6. The van der Waals surface area contributed by atoms with Crippen molar-refractivity contribution in [3.8, 4) is 23.0 Å². The standard InChI is InChI=1S/C17H21N3O4S/c1-22-12-6-7-13(14(11-12)23-2)16-18-19-17(24-16)25-10-4-9-20-8-3-5-15(20)21/h6-7,11H,3-5,8-10H2,1-2H3. The number of carbonyl (C=O) groups excluding carboxylic acids is 1. The van der Waals surface area contributed by atoms with Gasteiger partial charge in [-0.1, -0.05) is 11.8 Å². The van der Waals surface area contributed by atoms with Gasteiger partial charge in [0.25, 0.3) is 11.1 Å². The van der Waals surface area contributed by atoms with Gasteiger partial charge in [0.05, 0.1) is 19.8 Å². The summed E-state index contributed by atoms with van der Waals surface area (Å²) < 4.78 is 16.3. The zero-order valence-electron chi connectivity index (χ0n) is 14.4. The third-order valence-electron chi connectivity index (χ3n) is 4.01. The second-order valence-electron chi connectivity index (χ2n) is 5.63. The molecular weight excluding hydrogens is 342 g/mol. The molecule has 0 radical (unpaired) electrons. The maximum absolute atomic E-state index is 11.6. The molecule has 0 saturated carbocycles. The van der Waals surface area contributed by atoms with Crippen LogP contribution in [-0.2, 0) is 4.79 Å². The van der Waals surface area contributed by atoms with Crippen LogP contribution in [-0.4, -0.2) is 54.1 Å². The van der Waals surface area contributed by atoms with Crippen LogP contribution in [0.4, 0.5) is 0 Å². The van der Waals surface area contributed by atoms with Crippen LogP contribution < -0.4 is 9.47 Å². The van der Waals surface area contributed by atoms with E-state index < -0.39 is 0 Å². The van der Waals surface area contributed by atoms with E-state index in [0.717, 1.165) is 37.2 Å². The molecule has 0 spiro atoms. The minimum Gasteiger partial charge on any atom is -0.497 e. The summed E-state index contributed by atoms with van der Waals surface area (Å²) in [5.41, 5.74) is 0.727. The first-order valence-corrected chi connectivity index (χ1v) is 9.16. The Balaban J connectivity index is 1.56. The number of methoxy groups -OCH3 is 2. The Morgan fingerprint density at radius 1 is 1.28 bits per heavy atom. The van der Waals surface area contributed by atoms with Gasteiger partial charge in [-0.2, -0.15) is 0 Å². The highest BCUT2D eigenvalue weighted by Gasteiger charge is 2.19. The maximum Gasteiger partial charge on any atom is 0.276 e. The number of benzene rings is 1. The molecule has 0 aliphatic carbocycles. The molecule has 1 amide bonds. The molecule has 1 fully saturated rings. The predicted molar refractivity (Wildman–Crippen MR) is 94.0 cm³/mol. The summed E-state index contributed by atoms with van der Waals surface area (Å²) in [7, 11) is 3.19. The van der Waals surface area contributed by atoms with Crippen molar-refractivity contribution in [1.82, 2.24) is 15.1 Å². The number of rotatable bonds is 8. The Kier molecular flexibility index (Phi) is 5.80. The van der Waals surface area contributed by atoms with Gasteiger partial charge in [0, 0.05) is 31.3 Å². The lowest BCUT2D eigenvalue weighted by atomic mass is 10.2. The Morgan fingerprint density at radius 3 is 2.88 bits per heavy atom. The van der Waals surface area contributed by atoms with Crippen molar-refractivity contribution in [2.75, 3.05) is 33.1 Å². The van der Waals surface area contributed by atoms with Gasteiger partial charge in [-0.15, -0.1) is 10.2 Å². The van der Waals surface area contributed by atoms with E-state index >= 15 is 0 Å². The first-order valence-electron chi connectivity index (χ1n) is 8.17. The highest BCUT2D eigenvalue weighted by Crippen LogP contribution is 2.33. The Labute approximate surface area is 150 Å². The van der Waals surface area contributed by atoms with Crippen molar-refractivity contribution >= 4 is 17.7 Å². The number of likely N-dealkylation sites (tertiary alicyclic amines) is 1. The average molecular weight is 363 g/mol. The minimum atomic E-state index is 0.261. The van der Waals surface area contributed by atoms with Gasteiger partial charge in [0.2, 0.25) is 5.91 Å². The van der Waals surface area contributed by atoms with Crippen molar-refractivity contribution in [3.63, 3.8) is 0 Å². The number of carbonyl (C=O) groups is 1. The molecule has 1 aromatic heterocycles. The summed E-state index contributed by atoms with van der Waals surface area (Å²) in [5.74, 6) is 2.82. The Bertz CT molecular complexity index is 734. The summed E-state index contributed by atoms with van der Waals surface area (Å²) >= 11 is 1.50. The molecule has 0 bridgehead atoms. The van der Waals surface area contributed by atoms with E-state index in [1.54, 1.807) is 20.3 Å². The van der Waals surface area contributed by atoms with Crippen molar-refractivity contribution in [2.24, 2.45) is 0 Å². The second-order valence-corrected chi connectivity index (χ2v) is 6.67. The molecule has 7 nitrogen and oxygen atoms in total. The molecule has 1 aromatic carbocycles. The topological polar surface area (TPSA) is 77.7 Å². The van der Waals surface area contributed by atoms with Crippen LogP contribution in [0.1, 0.15) is 19.3 Å². The van der Waals surface area contributed by atoms with Gasteiger partial charge in [0.1, 0.15) is 11.5 Å². The Hall–Kier alpha value is -2.22. The minimum absolute atomic E-state index is 0.261. The molecular formula is C17H21N3O4S. The molecule has 0 N–H and O–H groups in total. The van der Waals surface area contributed by atoms with Crippen molar-refractivity contribution in [3.05, 3.63) is 18.2 Å². The highest BCUT2D eigenvalue weighted by molar-refractivity contribution is 7.99. The number of hydrogen-bond donors (Lipinski definition) is 0. The fraction of sp³-hybridized carbons (Fsp3) is 0.471. The number of amides is 1. The van der Waals surface area contributed by atoms with Gasteiger partial charge in [-0.05, 0) is 25.0 Å². The molecule has 1 aliphatic rings. The van der Waals surface area contributed by atoms with Crippen LogP contribution in [0.2, 0.25) is 0 Å². The van der Waals surface area contributed by atoms with E-state index in [4.69, 9.17) is 13.9 Å². The second kappa shape index (κ2) is 8.24. The fourth-order valence-electron chi connectivity index (χ4n) is 2.71. The van der Waals surface area contributed by atoms with Crippen molar-refractivity contribution in [2.45, 2.75) is 24.5 Å². The van der Waals surface area contributed by atoms with Crippen LogP contribution in [0.25, 0.3) is 11.5 Å². The monoisotopic (exact) mass is 363 g/mol. The van der Waals surface area contributed by atoms with E-state index in [1.807, 2.05) is 17.0 Å². The summed E-state index contributed by atoms with van der Waals surface area (Å²) in [4.78, 5) is 13.5. The number of aromatic nitrogens is 2. The molecule has 8 heteroatoms. The maximum atomic E-state index is 11.6. The van der Waals surface area contributed by atoms with Gasteiger partial charge in [0.15, 0.2) is 0 Å². The highest BCUT2D eigenvalue weighted by atomic mass is 32.2. The summed E-state index contributed by atoms with van der Waals surface area (Å²) in [6.07, 6.45) is 2.56. The van der Waals surface area contributed by atoms with Crippen LogP contribution >= 0.6 is 11.8 Å². The van der Waals surface area contributed by atoms with E-state index in [-0.39, 0.29) is 5.91 Å². The fourth-order valence-corrected chi connectivity index (χ4v) is 3.39. The zero-order valence-corrected chi connectivity index (χ0v) is 15.2. The first-order chi connectivity index (χ1) is 12.2. The van der Waals surface area contributed by atoms with E-state index in [2.05, 4.69) is 10.2 Å². The number of nitrogens with zero attached hydrogens (tertiary/aromatic N) is 3. The van der Waals surface area contributed by atoms with E-state index in [1.165, 1.54) is 11.8 Å². The third kappa shape index (κ3) is 4.25. The van der Waals surface area contributed by atoms with Gasteiger partial charge in [-0.3, -0.25) is 4.79 Å². The number of hydrogen-bond acceptors (Lipinski definition) is 7. The summed E-state index contributed by atoms with van der Waals surface area (Å²) in [6.45, 7) is 1.67. The largest absolute Gasteiger partial charge is 0.497 e. The average Bonchev–Trinajstić information content (AvgIpc) is 3.27. The van der Waals surface area contributed by atoms with E-state index in [0.29, 0.717) is 29.0 Å². The summed E-state index contributed by atoms with van der Waals surface area (Å²) in [5, 5.41) is 8.68. The lowest BCUT2D eigenvalue weighted by molar-refractivity contribution is -0.127. The normalized spacial score (nSPS) is 14.2. The van der Waals surface area contributed by atoms with E-state index in [9.17, 15) is 4.79 Å². The smallest absolute Gasteiger partial charge is 0.276 e. The lowest BCUT2D eigenvalue weighted by Gasteiger charge is -2.14. The molecule has 25 heavy (non-hydrogen) atoms. The van der Waals surface area contributed by atoms with Gasteiger partial charge < -0.3 is 18.8 Å². The van der Waals surface area contributed by atoms with Crippen LogP contribution in [0.5, 0.6) is 11.5 Å². The Morgan fingerprint density at radius 2 is 2.16 bits per heavy atom. The quantitative estimate of drug-likeness (QED) is 0.527. The van der Waals surface area contributed by atoms with Crippen LogP contribution in [0.3, 0.4) is 0 Å². The number of thioether (sulfide) groups is 1. The van der Waals surface area contributed by atoms with Crippen molar-refractivity contribution in [1.29, 1.82) is 0 Å². The molecule has 0 atom stereocenters. The van der Waals surface area contributed by atoms with Gasteiger partial charge >= 0.3 is 0 Å². The van der Waals surface area contributed by atoms with Crippen molar-refractivity contribution < 1.29 is 18.7 Å². The molecule has 2 aromatic rings. The molecule has 2 heterocycles. The molecule has 3 rings (SSSR count). The predicted octanol–water partition coefficient (Wildman–Crippen LogP) is 2.86. The molecule has 134 valence electrons.